The third kappa shape index (κ3) is 3.85. The highest BCUT2D eigenvalue weighted by molar-refractivity contribution is 5.93. The van der Waals surface area contributed by atoms with Gasteiger partial charge in [-0.15, -0.1) is 0 Å². The number of benzene rings is 1. The summed E-state index contributed by atoms with van der Waals surface area (Å²) in [6, 6.07) is 7.31. The Morgan fingerprint density at radius 2 is 1.57 bits per heavy atom. The summed E-state index contributed by atoms with van der Waals surface area (Å²) in [6.07, 6.45) is 0. The lowest BCUT2D eigenvalue weighted by Gasteiger charge is -2.37. The first-order valence-corrected chi connectivity index (χ1v) is 7.57. The largest absolute Gasteiger partial charge is 0.497 e. The van der Waals surface area contributed by atoms with E-state index in [0.29, 0.717) is 13.1 Å². The molecular formula is C16H24N4O3. The van der Waals surface area contributed by atoms with Crippen LogP contribution in [-0.4, -0.2) is 81.2 Å². The Bertz CT molecular complexity index is 551. The number of piperazine rings is 1. The number of anilines is 1. The number of methoxy groups -OCH3 is 1. The van der Waals surface area contributed by atoms with Crippen molar-refractivity contribution in [3.8, 4) is 5.75 Å². The van der Waals surface area contributed by atoms with Crippen molar-refractivity contribution in [2.75, 3.05) is 59.3 Å². The fourth-order valence-electron chi connectivity index (χ4n) is 2.54. The molecule has 1 fully saturated rings. The minimum atomic E-state index is -0.312. The average Bonchev–Trinajstić information content (AvgIpc) is 2.60. The molecule has 1 aliphatic rings. The van der Waals surface area contributed by atoms with Gasteiger partial charge in [0.25, 0.3) is 0 Å². The second-order valence-electron chi connectivity index (χ2n) is 5.69. The number of amides is 4. The van der Waals surface area contributed by atoms with Crippen LogP contribution in [0.1, 0.15) is 0 Å². The fraction of sp³-hybridized carbons (Fsp3) is 0.500. The van der Waals surface area contributed by atoms with Crippen LogP contribution < -0.4 is 9.64 Å². The van der Waals surface area contributed by atoms with Crippen molar-refractivity contribution in [2.24, 2.45) is 0 Å². The average molecular weight is 320 g/mol. The SMILES string of the molecule is COc1ccc(N2CCN(C(=O)N(C)C(=O)N(C)C)CC2)cc1. The number of rotatable bonds is 2. The van der Waals surface area contributed by atoms with Gasteiger partial charge in [-0.2, -0.15) is 0 Å². The molecule has 4 amide bonds. The van der Waals surface area contributed by atoms with Crippen molar-refractivity contribution in [3.63, 3.8) is 0 Å². The summed E-state index contributed by atoms with van der Waals surface area (Å²) in [4.78, 5) is 30.7. The van der Waals surface area contributed by atoms with Crippen LogP contribution in [0.5, 0.6) is 5.75 Å². The van der Waals surface area contributed by atoms with Crippen molar-refractivity contribution in [1.29, 1.82) is 0 Å². The molecule has 0 N–H and O–H groups in total. The molecule has 1 aromatic rings. The van der Waals surface area contributed by atoms with Gasteiger partial charge in [-0.3, -0.25) is 0 Å². The van der Waals surface area contributed by atoms with Crippen LogP contribution >= 0.6 is 0 Å². The second kappa shape index (κ2) is 7.21. The first-order valence-electron chi connectivity index (χ1n) is 7.57. The Balaban J connectivity index is 1.92. The van der Waals surface area contributed by atoms with Gasteiger partial charge in [-0.1, -0.05) is 0 Å². The molecule has 0 spiro atoms. The number of imide groups is 1. The third-order valence-electron chi connectivity index (χ3n) is 3.94. The third-order valence-corrected chi connectivity index (χ3v) is 3.94. The monoisotopic (exact) mass is 320 g/mol. The van der Waals surface area contributed by atoms with Crippen LogP contribution in [-0.2, 0) is 0 Å². The summed E-state index contributed by atoms with van der Waals surface area (Å²) >= 11 is 0. The van der Waals surface area contributed by atoms with Crippen LogP contribution in [0.2, 0.25) is 0 Å². The normalized spacial score (nSPS) is 14.4. The van der Waals surface area contributed by atoms with Gasteiger partial charge in [0.1, 0.15) is 5.75 Å². The van der Waals surface area contributed by atoms with Crippen LogP contribution in [0.25, 0.3) is 0 Å². The lowest BCUT2D eigenvalue weighted by atomic mass is 10.2. The minimum absolute atomic E-state index is 0.252. The maximum Gasteiger partial charge on any atom is 0.328 e. The van der Waals surface area contributed by atoms with Crippen molar-refractivity contribution >= 4 is 17.7 Å². The van der Waals surface area contributed by atoms with Crippen LogP contribution in [0.3, 0.4) is 0 Å². The first-order chi connectivity index (χ1) is 10.9. The number of hydrogen-bond donors (Lipinski definition) is 0. The van der Waals surface area contributed by atoms with E-state index in [-0.39, 0.29) is 12.1 Å². The molecular weight excluding hydrogens is 296 g/mol. The second-order valence-corrected chi connectivity index (χ2v) is 5.69. The summed E-state index contributed by atoms with van der Waals surface area (Å²) in [5, 5.41) is 0. The lowest BCUT2D eigenvalue weighted by molar-refractivity contribution is 0.149. The van der Waals surface area contributed by atoms with Gasteiger partial charge >= 0.3 is 12.1 Å². The molecule has 1 aliphatic heterocycles. The molecule has 1 aromatic carbocycles. The molecule has 1 saturated heterocycles. The molecule has 0 saturated carbocycles. The maximum atomic E-state index is 12.3. The van der Waals surface area contributed by atoms with Crippen molar-refractivity contribution in [1.82, 2.24) is 14.7 Å². The van der Waals surface area contributed by atoms with Crippen molar-refractivity contribution in [2.45, 2.75) is 0 Å². The van der Waals surface area contributed by atoms with E-state index in [0.717, 1.165) is 29.4 Å². The lowest BCUT2D eigenvalue weighted by Crippen LogP contribution is -2.54. The number of hydrogen-bond acceptors (Lipinski definition) is 4. The number of carbonyl (C=O) groups excluding carboxylic acids is 2. The summed E-state index contributed by atoms with van der Waals surface area (Å²) in [5.41, 5.74) is 1.11. The topological polar surface area (TPSA) is 56.3 Å². The van der Waals surface area contributed by atoms with Gasteiger partial charge in [0.2, 0.25) is 0 Å². The molecule has 126 valence electrons. The predicted molar refractivity (Wildman–Crippen MR) is 89.0 cm³/mol. The van der Waals surface area contributed by atoms with Crippen molar-refractivity contribution < 1.29 is 14.3 Å². The van der Waals surface area contributed by atoms with Gasteiger partial charge in [0, 0.05) is 53.0 Å². The molecule has 23 heavy (non-hydrogen) atoms. The Morgan fingerprint density at radius 3 is 2.04 bits per heavy atom. The number of ether oxygens (including phenoxy) is 1. The first kappa shape index (κ1) is 16.9. The van der Waals surface area contributed by atoms with Gasteiger partial charge in [-0.25, -0.2) is 14.5 Å². The van der Waals surface area contributed by atoms with E-state index in [1.165, 1.54) is 11.9 Å². The molecule has 2 rings (SSSR count). The minimum Gasteiger partial charge on any atom is -0.497 e. The zero-order chi connectivity index (χ0) is 17.0. The van der Waals surface area contributed by atoms with E-state index < -0.39 is 0 Å². The number of urea groups is 2. The van der Waals surface area contributed by atoms with E-state index in [2.05, 4.69) is 4.90 Å². The highest BCUT2D eigenvalue weighted by Gasteiger charge is 2.27. The van der Waals surface area contributed by atoms with Gasteiger partial charge in [0.05, 0.1) is 7.11 Å². The summed E-state index contributed by atoms with van der Waals surface area (Å²) < 4.78 is 5.16. The fourth-order valence-corrected chi connectivity index (χ4v) is 2.54. The standard InChI is InChI=1S/C16H24N4O3/c1-17(2)15(21)18(3)16(22)20-11-9-19(10-12-20)13-5-7-14(23-4)8-6-13/h5-8H,9-12H2,1-4H3. The van der Waals surface area contributed by atoms with Gasteiger partial charge in [-0.05, 0) is 24.3 Å². The highest BCUT2D eigenvalue weighted by Crippen LogP contribution is 2.20. The van der Waals surface area contributed by atoms with E-state index in [9.17, 15) is 9.59 Å². The molecule has 0 unspecified atom stereocenters. The predicted octanol–water partition coefficient (Wildman–Crippen LogP) is 1.55. The van der Waals surface area contributed by atoms with E-state index in [4.69, 9.17) is 4.74 Å². The summed E-state index contributed by atoms with van der Waals surface area (Å²) in [6.45, 7) is 2.66. The Morgan fingerprint density at radius 1 is 1.00 bits per heavy atom. The molecule has 0 bridgehead atoms. The molecule has 0 atom stereocenters. The number of nitrogens with zero attached hydrogens (tertiary/aromatic N) is 4. The highest BCUT2D eigenvalue weighted by atomic mass is 16.5. The summed E-state index contributed by atoms with van der Waals surface area (Å²) in [5.74, 6) is 0.825. The molecule has 7 heteroatoms. The van der Waals surface area contributed by atoms with E-state index in [1.807, 2.05) is 24.3 Å². The smallest absolute Gasteiger partial charge is 0.328 e. The van der Waals surface area contributed by atoms with Crippen LogP contribution in [0, 0.1) is 0 Å². The van der Waals surface area contributed by atoms with Gasteiger partial charge in [0.15, 0.2) is 0 Å². The number of carbonyl (C=O) groups is 2. The maximum absolute atomic E-state index is 12.3. The van der Waals surface area contributed by atoms with E-state index >= 15 is 0 Å². The van der Waals surface area contributed by atoms with Crippen LogP contribution in [0.4, 0.5) is 15.3 Å². The molecule has 1 heterocycles. The van der Waals surface area contributed by atoms with Crippen molar-refractivity contribution in [3.05, 3.63) is 24.3 Å². The molecule has 0 aromatic heterocycles. The Hall–Kier alpha value is -2.44. The quantitative estimate of drug-likeness (QED) is 0.830. The molecule has 0 aliphatic carbocycles. The zero-order valence-electron chi connectivity index (χ0n) is 14.2. The molecule has 0 radical (unpaired) electrons. The van der Waals surface area contributed by atoms with E-state index in [1.54, 1.807) is 26.1 Å². The Labute approximate surface area is 137 Å². The zero-order valence-corrected chi connectivity index (χ0v) is 14.2. The summed E-state index contributed by atoms with van der Waals surface area (Å²) in [7, 11) is 6.42. The molecule has 7 nitrogen and oxygen atoms in total. The Kier molecular flexibility index (Phi) is 5.31. The van der Waals surface area contributed by atoms with Crippen LogP contribution in [0.15, 0.2) is 24.3 Å². The van der Waals surface area contributed by atoms with Gasteiger partial charge < -0.3 is 19.4 Å².